The van der Waals surface area contributed by atoms with Gasteiger partial charge in [-0.15, -0.1) is 11.3 Å². The van der Waals surface area contributed by atoms with Gasteiger partial charge in [-0.2, -0.15) is 13.2 Å². The molecule has 0 saturated carbocycles. The summed E-state index contributed by atoms with van der Waals surface area (Å²) in [5, 5.41) is 16.0. The van der Waals surface area contributed by atoms with Crippen molar-refractivity contribution in [2.24, 2.45) is 0 Å². The first-order valence-electron chi connectivity index (χ1n) is 9.87. The van der Waals surface area contributed by atoms with Crippen LogP contribution in [0, 0.1) is 6.92 Å². The maximum absolute atomic E-state index is 13.0. The number of alkyl halides is 3. The van der Waals surface area contributed by atoms with E-state index >= 15 is 0 Å². The Labute approximate surface area is 191 Å². The van der Waals surface area contributed by atoms with E-state index in [1.165, 1.54) is 25.3 Å². The number of ether oxygens (including phenoxy) is 1. The van der Waals surface area contributed by atoms with E-state index in [1.807, 2.05) is 0 Å². The van der Waals surface area contributed by atoms with E-state index in [-0.39, 0.29) is 28.6 Å². The van der Waals surface area contributed by atoms with E-state index in [0.29, 0.717) is 21.9 Å². The van der Waals surface area contributed by atoms with Gasteiger partial charge in [0.2, 0.25) is 5.91 Å². The zero-order chi connectivity index (χ0) is 23.9. The van der Waals surface area contributed by atoms with E-state index in [1.54, 1.807) is 19.1 Å². The number of phenols is 1. The van der Waals surface area contributed by atoms with Gasteiger partial charge in [0.05, 0.1) is 22.6 Å². The number of amides is 2. The first kappa shape index (κ1) is 22.7. The summed E-state index contributed by atoms with van der Waals surface area (Å²) in [6.07, 6.45) is -4.41. The largest absolute Gasteiger partial charge is 0.504 e. The number of aromatic hydroxyl groups is 1. The van der Waals surface area contributed by atoms with Gasteiger partial charge in [-0.3, -0.25) is 9.59 Å². The summed E-state index contributed by atoms with van der Waals surface area (Å²) in [6, 6.07) is 9.24. The van der Waals surface area contributed by atoms with Crippen LogP contribution in [0.25, 0.3) is 0 Å². The molecule has 2 amide bonds. The number of thiophene rings is 1. The number of carbonyl (C=O) groups excluding carboxylic acids is 2. The Morgan fingerprint density at radius 2 is 2.00 bits per heavy atom. The fraction of sp³-hybridized carbons (Fsp3) is 0.217. The summed E-state index contributed by atoms with van der Waals surface area (Å²) in [7, 11) is 1.43. The van der Waals surface area contributed by atoms with Crippen molar-refractivity contribution in [2.75, 3.05) is 17.7 Å². The molecule has 33 heavy (non-hydrogen) atoms. The van der Waals surface area contributed by atoms with Crippen LogP contribution in [0.2, 0.25) is 0 Å². The summed E-state index contributed by atoms with van der Waals surface area (Å²) in [4.78, 5) is 25.5. The van der Waals surface area contributed by atoms with Crippen LogP contribution >= 0.6 is 11.3 Å². The lowest BCUT2D eigenvalue weighted by Crippen LogP contribution is -2.22. The van der Waals surface area contributed by atoms with E-state index in [9.17, 15) is 27.9 Å². The first-order valence-corrected chi connectivity index (χ1v) is 10.7. The van der Waals surface area contributed by atoms with Crippen molar-refractivity contribution in [1.82, 2.24) is 0 Å². The van der Waals surface area contributed by atoms with Crippen molar-refractivity contribution < 1.29 is 32.6 Å². The summed E-state index contributed by atoms with van der Waals surface area (Å²) in [5.74, 6) is -0.997. The maximum atomic E-state index is 13.0. The summed E-state index contributed by atoms with van der Waals surface area (Å²) in [6.45, 7) is 1.73. The quantitative estimate of drug-likeness (QED) is 0.463. The number of hydrogen-bond donors (Lipinski definition) is 3. The molecule has 0 aliphatic carbocycles. The second-order valence-corrected chi connectivity index (χ2v) is 8.59. The predicted octanol–water partition coefficient (Wildman–Crippen LogP) is 5.52. The Bertz CT molecular complexity index is 1250. The highest BCUT2D eigenvalue weighted by molar-refractivity contribution is 7.18. The molecule has 1 aliphatic rings. The number of benzene rings is 2. The summed E-state index contributed by atoms with van der Waals surface area (Å²) < 4.78 is 44.0. The van der Waals surface area contributed by atoms with Gasteiger partial charge < -0.3 is 20.5 Å². The minimum absolute atomic E-state index is 0.0151. The number of fused-ring (bicyclic) bond motifs is 1. The van der Waals surface area contributed by atoms with Crippen molar-refractivity contribution in [3.8, 4) is 11.5 Å². The van der Waals surface area contributed by atoms with Crippen molar-refractivity contribution in [3.05, 3.63) is 69.6 Å². The van der Waals surface area contributed by atoms with Gasteiger partial charge in [0.15, 0.2) is 11.5 Å². The monoisotopic (exact) mass is 476 g/mol. The summed E-state index contributed by atoms with van der Waals surface area (Å²) >= 11 is 1.06. The van der Waals surface area contributed by atoms with Crippen molar-refractivity contribution >= 4 is 33.8 Å². The molecular weight excluding hydrogens is 457 g/mol. The fourth-order valence-electron chi connectivity index (χ4n) is 3.89. The SMILES string of the molecule is COc1ccc(C2CC(=O)Nc3sc(C(=O)Nc4cccc(C(F)(F)F)c4)c(C)c32)cc1O. The van der Waals surface area contributed by atoms with Crippen LogP contribution in [0.4, 0.5) is 23.9 Å². The molecule has 0 radical (unpaired) electrons. The molecule has 4 rings (SSSR count). The molecule has 0 bridgehead atoms. The summed E-state index contributed by atoms with van der Waals surface area (Å²) in [5.41, 5.74) is 1.17. The third-order valence-electron chi connectivity index (χ3n) is 5.44. The molecule has 0 spiro atoms. The predicted molar refractivity (Wildman–Crippen MR) is 118 cm³/mol. The van der Waals surface area contributed by atoms with E-state index in [4.69, 9.17) is 4.74 Å². The van der Waals surface area contributed by atoms with Gasteiger partial charge in [0, 0.05) is 18.0 Å². The molecule has 0 saturated heterocycles. The van der Waals surface area contributed by atoms with Crippen LogP contribution in [-0.2, 0) is 11.0 Å². The number of rotatable bonds is 4. The minimum atomic E-state index is -4.53. The lowest BCUT2D eigenvalue weighted by molar-refractivity contribution is -0.137. The van der Waals surface area contributed by atoms with Crippen LogP contribution < -0.4 is 15.4 Å². The van der Waals surface area contributed by atoms with E-state index in [2.05, 4.69) is 10.6 Å². The second kappa shape index (κ2) is 8.43. The van der Waals surface area contributed by atoms with Crippen molar-refractivity contribution in [2.45, 2.75) is 25.4 Å². The van der Waals surface area contributed by atoms with Crippen LogP contribution in [0.3, 0.4) is 0 Å². The van der Waals surface area contributed by atoms with Gasteiger partial charge in [-0.1, -0.05) is 12.1 Å². The van der Waals surface area contributed by atoms with E-state index < -0.39 is 23.6 Å². The zero-order valence-corrected chi connectivity index (χ0v) is 18.4. The number of anilines is 2. The van der Waals surface area contributed by atoms with Crippen LogP contribution in [-0.4, -0.2) is 24.0 Å². The standard InChI is InChI=1S/C23H19F3N2O4S/c1-11-19-15(12-6-7-17(32-2)16(29)8-12)10-18(30)28-22(19)33-20(11)21(31)27-14-5-3-4-13(9-14)23(24,25)26/h3-9,15,29H,10H2,1-2H3,(H,27,31)(H,28,30). The zero-order valence-electron chi connectivity index (χ0n) is 17.5. The molecule has 1 unspecified atom stereocenters. The van der Waals surface area contributed by atoms with Crippen molar-refractivity contribution in [3.63, 3.8) is 0 Å². The topological polar surface area (TPSA) is 87.7 Å². The molecule has 172 valence electrons. The number of carbonyl (C=O) groups is 2. The van der Waals surface area contributed by atoms with Crippen LogP contribution in [0.5, 0.6) is 11.5 Å². The third-order valence-corrected chi connectivity index (χ3v) is 6.67. The fourth-order valence-corrected chi connectivity index (χ4v) is 5.07. The Morgan fingerprint density at radius 3 is 2.67 bits per heavy atom. The van der Waals surface area contributed by atoms with Crippen LogP contribution in [0.15, 0.2) is 42.5 Å². The maximum Gasteiger partial charge on any atom is 0.416 e. The number of hydrogen-bond acceptors (Lipinski definition) is 5. The van der Waals surface area contributed by atoms with Gasteiger partial charge >= 0.3 is 6.18 Å². The molecule has 6 nitrogen and oxygen atoms in total. The second-order valence-electron chi connectivity index (χ2n) is 7.57. The molecular formula is C23H19F3N2O4S. The smallest absolute Gasteiger partial charge is 0.416 e. The Morgan fingerprint density at radius 1 is 1.24 bits per heavy atom. The van der Waals surface area contributed by atoms with Gasteiger partial charge in [0.1, 0.15) is 0 Å². The Balaban J connectivity index is 1.68. The van der Waals surface area contributed by atoms with E-state index in [0.717, 1.165) is 29.0 Å². The molecule has 0 fully saturated rings. The highest BCUT2D eigenvalue weighted by atomic mass is 32.1. The average Bonchev–Trinajstić information content (AvgIpc) is 3.09. The normalized spacial score (nSPS) is 15.5. The lowest BCUT2D eigenvalue weighted by atomic mass is 9.84. The molecule has 1 aromatic heterocycles. The highest BCUT2D eigenvalue weighted by Crippen LogP contribution is 2.46. The molecule has 2 aromatic carbocycles. The molecule has 1 aliphatic heterocycles. The number of halogens is 3. The third kappa shape index (κ3) is 4.38. The average molecular weight is 476 g/mol. The van der Waals surface area contributed by atoms with Gasteiger partial charge in [0.25, 0.3) is 5.91 Å². The molecule has 2 heterocycles. The highest BCUT2D eigenvalue weighted by Gasteiger charge is 2.34. The molecule has 3 N–H and O–H groups in total. The lowest BCUT2D eigenvalue weighted by Gasteiger charge is -2.24. The Kier molecular flexibility index (Phi) is 5.79. The Hall–Kier alpha value is -3.53. The number of phenolic OH excluding ortho intramolecular Hbond substituents is 1. The molecule has 1 atom stereocenters. The molecule has 10 heteroatoms. The van der Waals surface area contributed by atoms with Gasteiger partial charge in [-0.25, -0.2) is 0 Å². The number of nitrogens with one attached hydrogen (secondary N) is 2. The number of methoxy groups -OCH3 is 1. The minimum Gasteiger partial charge on any atom is -0.504 e. The molecule has 3 aromatic rings. The first-order chi connectivity index (χ1) is 15.6. The van der Waals surface area contributed by atoms with Gasteiger partial charge in [-0.05, 0) is 53.9 Å². The van der Waals surface area contributed by atoms with Crippen molar-refractivity contribution in [1.29, 1.82) is 0 Å². The van der Waals surface area contributed by atoms with Crippen LogP contribution in [0.1, 0.15) is 44.3 Å².